The zero-order valence-electron chi connectivity index (χ0n) is 17.3. The van der Waals surface area contributed by atoms with Gasteiger partial charge in [0, 0.05) is 45.1 Å². The van der Waals surface area contributed by atoms with Gasteiger partial charge in [0.2, 0.25) is 11.9 Å². The van der Waals surface area contributed by atoms with E-state index >= 15 is 0 Å². The Morgan fingerprint density at radius 2 is 1.57 bits per heavy atom. The molecular formula is C24H27N5O. The zero-order valence-corrected chi connectivity index (χ0v) is 17.3. The predicted molar refractivity (Wildman–Crippen MR) is 119 cm³/mol. The first-order valence-corrected chi connectivity index (χ1v) is 10.3. The van der Waals surface area contributed by atoms with Crippen molar-refractivity contribution in [2.24, 2.45) is 0 Å². The summed E-state index contributed by atoms with van der Waals surface area (Å²) < 4.78 is 0. The second-order valence-corrected chi connectivity index (χ2v) is 7.61. The van der Waals surface area contributed by atoms with E-state index < -0.39 is 0 Å². The van der Waals surface area contributed by atoms with Gasteiger partial charge in [0.1, 0.15) is 0 Å². The summed E-state index contributed by atoms with van der Waals surface area (Å²) in [5, 5.41) is 0. The van der Waals surface area contributed by atoms with Gasteiger partial charge in [-0.05, 0) is 29.8 Å². The summed E-state index contributed by atoms with van der Waals surface area (Å²) in [4.78, 5) is 27.6. The van der Waals surface area contributed by atoms with Crippen LogP contribution in [-0.4, -0.2) is 65.4 Å². The van der Waals surface area contributed by atoms with E-state index in [0.29, 0.717) is 19.6 Å². The van der Waals surface area contributed by atoms with Gasteiger partial charge >= 0.3 is 0 Å². The highest BCUT2D eigenvalue weighted by molar-refractivity contribution is 5.78. The number of anilines is 1. The Bertz CT molecular complexity index is 956. The molecule has 30 heavy (non-hydrogen) atoms. The number of piperazine rings is 1. The number of rotatable bonds is 6. The van der Waals surface area contributed by atoms with Crippen molar-refractivity contribution in [3.05, 3.63) is 78.6 Å². The van der Waals surface area contributed by atoms with E-state index in [1.54, 1.807) is 12.4 Å². The van der Waals surface area contributed by atoms with E-state index in [9.17, 15) is 4.79 Å². The topological polar surface area (TPSA) is 52.6 Å². The van der Waals surface area contributed by atoms with Gasteiger partial charge in [0.05, 0.1) is 6.54 Å². The molecule has 6 nitrogen and oxygen atoms in total. The lowest BCUT2D eigenvalue weighted by molar-refractivity contribution is -0.132. The zero-order chi connectivity index (χ0) is 20.8. The number of benzene rings is 2. The molecular weight excluding hydrogens is 374 g/mol. The Balaban J connectivity index is 1.33. The average molecular weight is 402 g/mol. The number of carbonyl (C=O) groups is 1. The molecule has 0 bridgehead atoms. The minimum Gasteiger partial charge on any atom is -0.338 e. The van der Waals surface area contributed by atoms with Crippen molar-refractivity contribution in [1.82, 2.24) is 19.8 Å². The van der Waals surface area contributed by atoms with Gasteiger partial charge in [-0.15, -0.1) is 0 Å². The summed E-state index contributed by atoms with van der Waals surface area (Å²) >= 11 is 0. The number of nitrogens with zero attached hydrogens (tertiary/aromatic N) is 5. The van der Waals surface area contributed by atoms with Gasteiger partial charge in [-0.1, -0.05) is 54.6 Å². The number of likely N-dealkylation sites (N-methyl/N-ethyl adjacent to an activating group) is 1. The monoisotopic (exact) mass is 401 g/mol. The molecule has 0 unspecified atom stereocenters. The maximum atomic E-state index is 12.8. The summed E-state index contributed by atoms with van der Waals surface area (Å²) in [5.41, 5.74) is 3.64. The van der Waals surface area contributed by atoms with Crippen LogP contribution in [0.4, 0.5) is 5.95 Å². The van der Waals surface area contributed by atoms with E-state index in [4.69, 9.17) is 0 Å². The third-order valence-electron chi connectivity index (χ3n) is 5.41. The van der Waals surface area contributed by atoms with Crippen molar-refractivity contribution < 1.29 is 4.79 Å². The van der Waals surface area contributed by atoms with Crippen molar-refractivity contribution >= 4 is 11.9 Å². The molecule has 3 aromatic rings. The van der Waals surface area contributed by atoms with E-state index in [1.807, 2.05) is 24.1 Å². The van der Waals surface area contributed by atoms with Crippen LogP contribution in [0.1, 0.15) is 5.56 Å². The molecule has 1 aromatic heterocycles. The Hall–Kier alpha value is -3.25. The van der Waals surface area contributed by atoms with Crippen LogP contribution in [0.2, 0.25) is 0 Å². The van der Waals surface area contributed by atoms with E-state index in [2.05, 4.69) is 68.3 Å². The molecule has 1 saturated heterocycles. The van der Waals surface area contributed by atoms with Gasteiger partial charge in [-0.3, -0.25) is 9.69 Å². The van der Waals surface area contributed by atoms with Gasteiger partial charge in [-0.2, -0.15) is 0 Å². The van der Waals surface area contributed by atoms with E-state index in [-0.39, 0.29) is 5.91 Å². The molecule has 0 radical (unpaired) electrons. The van der Waals surface area contributed by atoms with Crippen molar-refractivity contribution in [3.8, 4) is 11.1 Å². The van der Waals surface area contributed by atoms with Crippen LogP contribution in [-0.2, 0) is 11.3 Å². The standard InChI is InChI=1S/C24H27N5O/c1-27(18-21-10-5-6-11-22(21)20-8-3-2-4-9-20)19-23(30)28-14-16-29(17-15-28)24-25-12-7-13-26-24/h2-13H,14-19H2,1H3. The van der Waals surface area contributed by atoms with Crippen molar-refractivity contribution in [2.75, 3.05) is 44.7 Å². The Morgan fingerprint density at radius 3 is 2.30 bits per heavy atom. The van der Waals surface area contributed by atoms with Gasteiger partial charge in [0.25, 0.3) is 0 Å². The SMILES string of the molecule is CN(CC(=O)N1CCN(c2ncccn2)CC1)Cc1ccccc1-c1ccccc1. The summed E-state index contributed by atoms with van der Waals surface area (Å²) in [6, 6.07) is 20.6. The number of amides is 1. The molecule has 1 aliphatic heterocycles. The molecule has 6 heteroatoms. The van der Waals surface area contributed by atoms with Gasteiger partial charge in [0.15, 0.2) is 0 Å². The molecule has 1 aliphatic rings. The third-order valence-corrected chi connectivity index (χ3v) is 5.41. The average Bonchev–Trinajstić information content (AvgIpc) is 2.80. The maximum absolute atomic E-state index is 12.8. The lowest BCUT2D eigenvalue weighted by Crippen LogP contribution is -2.51. The number of hydrogen-bond acceptors (Lipinski definition) is 5. The summed E-state index contributed by atoms with van der Waals surface area (Å²) in [7, 11) is 2.01. The molecule has 2 heterocycles. The van der Waals surface area contributed by atoms with Crippen LogP contribution < -0.4 is 4.90 Å². The highest BCUT2D eigenvalue weighted by atomic mass is 16.2. The molecule has 2 aromatic carbocycles. The molecule has 4 rings (SSSR count). The van der Waals surface area contributed by atoms with Crippen molar-refractivity contribution in [2.45, 2.75) is 6.54 Å². The minimum absolute atomic E-state index is 0.170. The van der Waals surface area contributed by atoms with E-state index in [1.165, 1.54) is 16.7 Å². The highest BCUT2D eigenvalue weighted by Gasteiger charge is 2.23. The minimum atomic E-state index is 0.170. The number of carbonyl (C=O) groups excluding carboxylic acids is 1. The largest absolute Gasteiger partial charge is 0.338 e. The van der Waals surface area contributed by atoms with Gasteiger partial charge in [-0.25, -0.2) is 9.97 Å². The second kappa shape index (κ2) is 9.50. The lowest BCUT2D eigenvalue weighted by atomic mass is 9.99. The quantitative estimate of drug-likeness (QED) is 0.636. The third kappa shape index (κ3) is 4.83. The van der Waals surface area contributed by atoms with Crippen molar-refractivity contribution in [3.63, 3.8) is 0 Å². The summed E-state index contributed by atoms with van der Waals surface area (Å²) in [6.45, 7) is 4.06. The first-order chi connectivity index (χ1) is 14.7. The Labute approximate surface area is 177 Å². The smallest absolute Gasteiger partial charge is 0.236 e. The second-order valence-electron chi connectivity index (χ2n) is 7.61. The van der Waals surface area contributed by atoms with E-state index in [0.717, 1.165) is 25.6 Å². The molecule has 0 spiro atoms. The molecule has 1 fully saturated rings. The maximum Gasteiger partial charge on any atom is 0.236 e. The molecule has 0 aliphatic carbocycles. The Kier molecular flexibility index (Phi) is 6.35. The number of hydrogen-bond donors (Lipinski definition) is 0. The number of aromatic nitrogens is 2. The molecule has 154 valence electrons. The Morgan fingerprint density at radius 1 is 0.900 bits per heavy atom. The fourth-order valence-electron chi connectivity index (χ4n) is 3.85. The summed E-state index contributed by atoms with van der Waals surface area (Å²) in [6.07, 6.45) is 3.50. The molecule has 0 N–H and O–H groups in total. The predicted octanol–water partition coefficient (Wildman–Crippen LogP) is 2.92. The first kappa shape index (κ1) is 20.0. The van der Waals surface area contributed by atoms with Crippen LogP contribution in [0.5, 0.6) is 0 Å². The van der Waals surface area contributed by atoms with Crippen LogP contribution in [0.3, 0.4) is 0 Å². The van der Waals surface area contributed by atoms with Gasteiger partial charge < -0.3 is 9.80 Å². The molecule has 1 amide bonds. The fraction of sp³-hybridized carbons (Fsp3) is 0.292. The first-order valence-electron chi connectivity index (χ1n) is 10.3. The fourth-order valence-corrected chi connectivity index (χ4v) is 3.85. The van der Waals surface area contributed by atoms with Crippen LogP contribution in [0.15, 0.2) is 73.1 Å². The normalized spacial score (nSPS) is 14.2. The summed E-state index contributed by atoms with van der Waals surface area (Å²) in [5.74, 6) is 0.905. The van der Waals surface area contributed by atoms with Crippen molar-refractivity contribution in [1.29, 1.82) is 0 Å². The van der Waals surface area contributed by atoms with Crippen LogP contribution in [0.25, 0.3) is 11.1 Å². The molecule has 0 saturated carbocycles. The lowest BCUT2D eigenvalue weighted by Gasteiger charge is -2.35. The molecule has 0 atom stereocenters. The van der Waals surface area contributed by atoms with Crippen LogP contribution >= 0.6 is 0 Å². The highest BCUT2D eigenvalue weighted by Crippen LogP contribution is 2.24. The van der Waals surface area contributed by atoms with Crippen LogP contribution in [0, 0.1) is 0 Å².